The fourth-order valence-corrected chi connectivity index (χ4v) is 2.24. The van der Waals surface area contributed by atoms with Crippen LogP contribution in [0, 0.1) is 0 Å². The van der Waals surface area contributed by atoms with Crippen LogP contribution in [0.4, 0.5) is 11.8 Å². The number of hydrogen-bond acceptors (Lipinski definition) is 6. The van der Waals surface area contributed by atoms with Crippen molar-refractivity contribution in [2.45, 2.75) is 13.3 Å². The number of rotatable bonds is 2. The summed E-state index contributed by atoms with van der Waals surface area (Å²) in [5.74, 6) is 1.17. The summed E-state index contributed by atoms with van der Waals surface area (Å²) in [7, 11) is 0. The minimum Gasteiger partial charge on any atom is -0.384 e. The van der Waals surface area contributed by atoms with Gasteiger partial charge in [0.2, 0.25) is 0 Å². The Morgan fingerprint density at radius 2 is 2.26 bits per heavy atom. The van der Waals surface area contributed by atoms with Gasteiger partial charge in [-0.15, -0.1) is 5.10 Å². The van der Waals surface area contributed by atoms with E-state index < -0.39 is 0 Å². The van der Waals surface area contributed by atoms with Crippen molar-refractivity contribution in [3.05, 3.63) is 29.5 Å². The van der Waals surface area contributed by atoms with Crippen molar-refractivity contribution in [1.82, 2.24) is 25.6 Å². The van der Waals surface area contributed by atoms with Crippen LogP contribution >= 0.6 is 0 Å². The van der Waals surface area contributed by atoms with E-state index in [1.807, 2.05) is 18.3 Å². The Kier molecular flexibility index (Phi) is 2.86. The summed E-state index contributed by atoms with van der Waals surface area (Å²) < 4.78 is 0. The number of hydrogen-bond donors (Lipinski definition) is 2. The maximum atomic E-state index is 5.63. The van der Waals surface area contributed by atoms with Gasteiger partial charge in [0.05, 0.1) is 0 Å². The Balaban J connectivity index is 1.89. The monoisotopic (exact) mass is 257 g/mol. The molecule has 3 N–H and O–H groups in total. The van der Waals surface area contributed by atoms with E-state index in [-0.39, 0.29) is 0 Å². The molecule has 2 aromatic rings. The third-order valence-corrected chi connectivity index (χ3v) is 3.37. The number of anilines is 2. The third-order valence-electron chi connectivity index (χ3n) is 3.37. The van der Waals surface area contributed by atoms with Gasteiger partial charge in [-0.2, -0.15) is 5.21 Å². The fraction of sp³-hybridized carbons (Fsp3) is 0.333. The predicted octanol–water partition coefficient (Wildman–Crippen LogP) is 0.861. The smallest absolute Gasteiger partial charge is 0.266 e. The van der Waals surface area contributed by atoms with E-state index in [9.17, 15) is 0 Å². The zero-order valence-corrected chi connectivity index (χ0v) is 10.7. The lowest BCUT2D eigenvalue weighted by Gasteiger charge is -2.28. The zero-order valence-electron chi connectivity index (χ0n) is 10.7. The van der Waals surface area contributed by atoms with Gasteiger partial charge in [-0.1, -0.05) is 10.7 Å². The lowest BCUT2D eigenvalue weighted by Crippen LogP contribution is -2.31. The van der Waals surface area contributed by atoms with Crippen molar-refractivity contribution in [3.8, 4) is 0 Å². The number of pyridine rings is 1. The van der Waals surface area contributed by atoms with E-state index in [0.717, 1.165) is 25.1 Å². The predicted molar refractivity (Wildman–Crippen MR) is 72.3 cm³/mol. The van der Waals surface area contributed by atoms with E-state index in [4.69, 9.17) is 5.73 Å². The Hall–Kier alpha value is -2.44. The highest BCUT2D eigenvalue weighted by atomic mass is 15.5. The molecular formula is C12H15N7. The van der Waals surface area contributed by atoms with Crippen LogP contribution in [0.1, 0.15) is 18.9 Å². The summed E-state index contributed by atoms with van der Waals surface area (Å²) in [4.78, 5) is 6.25. The molecule has 2 aromatic heterocycles. The molecule has 0 saturated heterocycles. The first-order valence-corrected chi connectivity index (χ1v) is 6.13. The van der Waals surface area contributed by atoms with Crippen molar-refractivity contribution in [1.29, 1.82) is 0 Å². The fourth-order valence-electron chi connectivity index (χ4n) is 2.24. The van der Waals surface area contributed by atoms with Crippen molar-refractivity contribution in [2.75, 3.05) is 23.7 Å². The largest absolute Gasteiger partial charge is 0.384 e. The number of nitrogens with one attached hydrogen (secondary N) is 1. The molecule has 0 aliphatic carbocycles. The van der Waals surface area contributed by atoms with Gasteiger partial charge < -0.3 is 10.6 Å². The van der Waals surface area contributed by atoms with Gasteiger partial charge in [0.25, 0.3) is 5.95 Å². The normalized spacial score (nSPS) is 15.9. The third kappa shape index (κ3) is 2.26. The first-order valence-electron chi connectivity index (χ1n) is 6.13. The van der Waals surface area contributed by atoms with Gasteiger partial charge in [0.15, 0.2) is 0 Å². The first-order chi connectivity index (χ1) is 9.24. The van der Waals surface area contributed by atoms with Crippen LogP contribution in [0.2, 0.25) is 0 Å². The number of aromatic nitrogens is 5. The topological polar surface area (TPSA) is 96.6 Å². The molecular weight excluding hydrogens is 242 g/mol. The molecule has 1 aliphatic heterocycles. The van der Waals surface area contributed by atoms with Gasteiger partial charge in [-0.3, -0.25) is 0 Å². The maximum Gasteiger partial charge on any atom is 0.266 e. The molecule has 0 radical (unpaired) electrons. The Morgan fingerprint density at radius 3 is 2.95 bits per heavy atom. The molecule has 19 heavy (non-hydrogen) atoms. The van der Waals surface area contributed by atoms with Crippen LogP contribution in [0.3, 0.4) is 0 Å². The summed E-state index contributed by atoms with van der Waals surface area (Å²) >= 11 is 0. The second kappa shape index (κ2) is 4.68. The molecule has 1 aliphatic rings. The number of H-pyrrole nitrogens is 1. The quantitative estimate of drug-likeness (QED) is 0.828. The Morgan fingerprint density at radius 1 is 1.37 bits per heavy atom. The van der Waals surface area contributed by atoms with Crippen molar-refractivity contribution in [2.24, 2.45) is 0 Å². The van der Waals surface area contributed by atoms with Crippen molar-refractivity contribution in [3.63, 3.8) is 0 Å². The van der Waals surface area contributed by atoms with E-state index >= 15 is 0 Å². The SMILES string of the molecule is CC1=C(c2ccc(N)nc2)CN(c2nn[nH]n2)CC1. The minimum absolute atomic E-state index is 0.535. The Labute approximate surface area is 110 Å². The highest BCUT2D eigenvalue weighted by molar-refractivity contribution is 5.73. The molecule has 7 nitrogen and oxygen atoms in total. The molecule has 3 rings (SSSR count). The minimum atomic E-state index is 0.535. The number of nitrogens with two attached hydrogens (primary N) is 1. The number of tetrazole rings is 1. The summed E-state index contributed by atoms with van der Waals surface area (Å²) in [6.45, 7) is 3.81. The molecule has 0 amide bonds. The summed E-state index contributed by atoms with van der Waals surface area (Å²) in [5, 5.41) is 14.1. The lowest BCUT2D eigenvalue weighted by molar-refractivity contribution is 0.771. The van der Waals surface area contributed by atoms with Crippen molar-refractivity contribution < 1.29 is 0 Å². The van der Waals surface area contributed by atoms with Crippen molar-refractivity contribution >= 4 is 17.3 Å². The lowest BCUT2D eigenvalue weighted by atomic mass is 9.96. The highest BCUT2D eigenvalue weighted by Crippen LogP contribution is 2.27. The highest BCUT2D eigenvalue weighted by Gasteiger charge is 2.20. The van der Waals surface area contributed by atoms with Crippen LogP contribution in [-0.4, -0.2) is 38.7 Å². The number of nitrogen functional groups attached to an aromatic ring is 1. The first kappa shape index (κ1) is 11.6. The van der Waals surface area contributed by atoms with Gasteiger partial charge in [0.1, 0.15) is 5.82 Å². The summed E-state index contributed by atoms with van der Waals surface area (Å²) in [6, 6.07) is 3.82. The zero-order chi connectivity index (χ0) is 13.2. The van der Waals surface area contributed by atoms with Gasteiger partial charge in [0, 0.05) is 19.3 Å². The average molecular weight is 257 g/mol. The molecule has 0 saturated carbocycles. The molecule has 0 aromatic carbocycles. The van der Waals surface area contributed by atoms with E-state index in [0.29, 0.717) is 11.8 Å². The van der Waals surface area contributed by atoms with Crippen LogP contribution in [0.5, 0.6) is 0 Å². The van der Waals surface area contributed by atoms with Gasteiger partial charge >= 0.3 is 0 Å². The van der Waals surface area contributed by atoms with Gasteiger partial charge in [-0.25, -0.2) is 4.98 Å². The average Bonchev–Trinajstić information content (AvgIpc) is 2.94. The van der Waals surface area contributed by atoms with Gasteiger partial charge in [-0.05, 0) is 41.8 Å². The Bertz CT molecular complexity index is 585. The molecule has 98 valence electrons. The molecule has 0 atom stereocenters. The number of nitrogens with zero attached hydrogens (tertiary/aromatic N) is 5. The molecule has 7 heteroatoms. The van der Waals surface area contributed by atoms with Crippen LogP contribution in [-0.2, 0) is 0 Å². The van der Waals surface area contributed by atoms with Crippen LogP contribution in [0.15, 0.2) is 23.9 Å². The van der Waals surface area contributed by atoms with Crippen LogP contribution in [0.25, 0.3) is 5.57 Å². The summed E-state index contributed by atoms with van der Waals surface area (Å²) in [6.07, 6.45) is 2.79. The molecule has 0 spiro atoms. The van der Waals surface area contributed by atoms with E-state index in [1.165, 1.54) is 11.1 Å². The van der Waals surface area contributed by atoms with E-state index in [2.05, 4.69) is 37.4 Å². The van der Waals surface area contributed by atoms with Crippen LogP contribution < -0.4 is 10.6 Å². The molecule has 0 fully saturated rings. The second-order valence-corrected chi connectivity index (χ2v) is 4.61. The standard InChI is InChI=1S/C12H15N7/c1-8-4-5-19(12-15-17-18-16-12)7-10(8)9-2-3-11(13)14-6-9/h2-3,6H,4-5,7H2,1H3,(H2,13,14)(H,15,16,17,18). The summed E-state index contributed by atoms with van der Waals surface area (Å²) in [5.41, 5.74) is 9.34. The molecule has 0 unspecified atom stereocenters. The number of aromatic amines is 1. The second-order valence-electron chi connectivity index (χ2n) is 4.61. The molecule has 0 bridgehead atoms. The van der Waals surface area contributed by atoms with E-state index in [1.54, 1.807) is 0 Å². The molecule has 3 heterocycles. The maximum absolute atomic E-state index is 5.63.